The lowest BCUT2D eigenvalue weighted by Crippen LogP contribution is -2.40. The van der Waals surface area contributed by atoms with E-state index in [-0.39, 0.29) is 18.9 Å². The molecule has 6 nitrogen and oxygen atoms in total. The molecule has 1 aromatic heterocycles. The van der Waals surface area contributed by atoms with E-state index in [1.54, 1.807) is 13.0 Å². The highest BCUT2D eigenvalue weighted by molar-refractivity contribution is 5.91. The maximum atomic E-state index is 10.8. The summed E-state index contributed by atoms with van der Waals surface area (Å²) in [5.41, 5.74) is 0.299. The molecular weight excluding hydrogens is 262 g/mol. The lowest BCUT2D eigenvalue weighted by atomic mass is 10.1. The van der Waals surface area contributed by atoms with Crippen LogP contribution in [0.1, 0.15) is 23.0 Å². The minimum absolute atomic E-state index is 0.0895. The van der Waals surface area contributed by atoms with Gasteiger partial charge in [0, 0.05) is 18.5 Å². The molecule has 1 atom stereocenters. The highest BCUT2D eigenvalue weighted by Crippen LogP contribution is 2.20. The molecule has 0 amide bonds. The molecule has 0 bridgehead atoms. The summed E-state index contributed by atoms with van der Waals surface area (Å²) in [6.45, 7) is 1.98. The molecule has 20 heavy (non-hydrogen) atoms. The van der Waals surface area contributed by atoms with Gasteiger partial charge >= 0.3 is 5.97 Å². The summed E-state index contributed by atoms with van der Waals surface area (Å²) in [7, 11) is 0. The van der Waals surface area contributed by atoms with Crippen LogP contribution in [0.3, 0.4) is 0 Å². The van der Waals surface area contributed by atoms with Crippen molar-refractivity contribution in [2.45, 2.75) is 19.1 Å². The second-order valence-electron chi connectivity index (χ2n) is 5.05. The third-order valence-corrected chi connectivity index (χ3v) is 2.97. The molecule has 0 aliphatic rings. The van der Waals surface area contributed by atoms with Gasteiger partial charge in [0.2, 0.25) is 5.76 Å². The van der Waals surface area contributed by atoms with Crippen molar-refractivity contribution < 1.29 is 24.5 Å². The Hall–Kier alpha value is -1.89. The van der Waals surface area contributed by atoms with Crippen LogP contribution in [0.5, 0.6) is 0 Å². The molecule has 0 saturated heterocycles. The van der Waals surface area contributed by atoms with E-state index >= 15 is 0 Å². The third kappa shape index (κ3) is 3.36. The van der Waals surface area contributed by atoms with Gasteiger partial charge in [0.05, 0.1) is 12.2 Å². The summed E-state index contributed by atoms with van der Waals surface area (Å²) in [6, 6.07) is 6.83. The maximum absolute atomic E-state index is 10.8. The molecule has 6 heteroatoms. The molecule has 0 radical (unpaired) electrons. The number of fused-ring (bicyclic) bond motifs is 1. The van der Waals surface area contributed by atoms with Crippen LogP contribution in [0.4, 0.5) is 0 Å². The molecule has 1 aromatic carbocycles. The summed E-state index contributed by atoms with van der Waals surface area (Å²) in [5, 5.41) is 31.2. The van der Waals surface area contributed by atoms with Gasteiger partial charge in [-0.05, 0) is 30.7 Å². The van der Waals surface area contributed by atoms with Crippen molar-refractivity contribution in [2.75, 3.05) is 13.2 Å². The Morgan fingerprint density at radius 1 is 1.40 bits per heavy atom. The molecule has 0 fully saturated rings. The van der Waals surface area contributed by atoms with Gasteiger partial charge in [0.15, 0.2) is 0 Å². The van der Waals surface area contributed by atoms with Gasteiger partial charge in [0.25, 0.3) is 0 Å². The van der Waals surface area contributed by atoms with Crippen molar-refractivity contribution in [1.82, 2.24) is 5.32 Å². The summed E-state index contributed by atoms with van der Waals surface area (Å²) in [4.78, 5) is 10.8. The smallest absolute Gasteiger partial charge is 0.371 e. The molecule has 0 spiro atoms. The summed E-state index contributed by atoms with van der Waals surface area (Å²) >= 11 is 0. The highest BCUT2D eigenvalue weighted by atomic mass is 16.4. The van der Waals surface area contributed by atoms with Crippen LogP contribution in [0.25, 0.3) is 11.0 Å². The minimum atomic E-state index is -1.16. The van der Waals surface area contributed by atoms with Crippen molar-refractivity contribution in [2.24, 2.45) is 0 Å². The van der Waals surface area contributed by atoms with E-state index < -0.39 is 11.6 Å². The van der Waals surface area contributed by atoms with Gasteiger partial charge in [-0.15, -0.1) is 0 Å². The Balaban J connectivity index is 2.06. The van der Waals surface area contributed by atoms with Crippen LogP contribution in [0.2, 0.25) is 0 Å². The van der Waals surface area contributed by atoms with Crippen LogP contribution < -0.4 is 5.32 Å². The number of carboxylic acids is 1. The van der Waals surface area contributed by atoms with Gasteiger partial charge in [-0.1, -0.05) is 6.07 Å². The van der Waals surface area contributed by atoms with E-state index in [0.717, 1.165) is 10.9 Å². The van der Waals surface area contributed by atoms with Crippen molar-refractivity contribution in [1.29, 1.82) is 0 Å². The monoisotopic (exact) mass is 279 g/mol. The molecule has 1 unspecified atom stereocenters. The number of furan rings is 1. The molecule has 2 rings (SSSR count). The summed E-state index contributed by atoms with van der Waals surface area (Å²) in [5.74, 6) is -1.19. The molecule has 1 heterocycles. The number of hydrogen-bond donors (Lipinski definition) is 4. The van der Waals surface area contributed by atoms with E-state index in [1.165, 1.54) is 6.07 Å². The number of benzene rings is 1. The Kier molecular flexibility index (Phi) is 4.08. The van der Waals surface area contributed by atoms with Crippen molar-refractivity contribution in [3.8, 4) is 0 Å². The zero-order chi connectivity index (χ0) is 14.8. The first-order valence-corrected chi connectivity index (χ1v) is 6.21. The number of aromatic carboxylic acids is 1. The first kappa shape index (κ1) is 14.5. The van der Waals surface area contributed by atoms with Crippen LogP contribution in [-0.2, 0) is 6.54 Å². The molecule has 0 saturated carbocycles. The number of aliphatic hydroxyl groups is 2. The Labute approximate surface area is 115 Å². The van der Waals surface area contributed by atoms with Gasteiger partial charge in [-0.2, -0.15) is 0 Å². The molecule has 0 aliphatic heterocycles. The second-order valence-corrected chi connectivity index (χ2v) is 5.05. The average Bonchev–Trinajstić information content (AvgIpc) is 2.82. The van der Waals surface area contributed by atoms with Crippen LogP contribution in [-0.4, -0.2) is 40.0 Å². The SMILES string of the molecule is CC(O)(CO)CNCc1ccc2oc(C(=O)O)cc2c1. The fourth-order valence-corrected chi connectivity index (χ4v) is 1.84. The van der Waals surface area contributed by atoms with Gasteiger partial charge < -0.3 is 25.1 Å². The number of nitrogens with one attached hydrogen (secondary N) is 1. The van der Waals surface area contributed by atoms with E-state index in [4.69, 9.17) is 14.6 Å². The normalized spacial score (nSPS) is 14.3. The molecule has 4 N–H and O–H groups in total. The minimum Gasteiger partial charge on any atom is -0.475 e. The lowest BCUT2D eigenvalue weighted by molar-refractivity contribution is 0.00254. The quantitative estimate of drug-likeness (QED) is 0.628. The van der Waals surface area contributed by atoms with E-state index in [1.807, 2.05) is 12.1 Å². The van der Waals surface area contributed by atoms with Crippen LogP contribution in [0, 0.1) is 0 Å². The van der Waals surface area contributed by atoms with E-state index in [9.17, 15) is 9.90 Å². The Morgan fingerprint density at radius 2 is 2.15 bits per heavy atom. The molecule has 2 aromatic rings. The molecule has 0 aliphatic carbocycles. The van der Waals surface area contributed by atoms with Crippen LogP contribution in [0.15, 0.2) is 28.7 Å². The predicted octanol–water partition coefficient (Wildman–Crippen LogP) is 0.964. The highest BCUT2D eigenvalue weighted by Gasteiger charge is 2.18. The fraction of sp³-hybridized carbons (Fsp3) is 0.357. The van der Waals surface area contributed by atoms with Gasteiger partial charge in [-0.3, -0.25) is 0 Å². The van der Waals surface area contributed by atoms with E-state index in [2.05, 4.69) is 5.32 Å². The van der Waals surface area contributed by atoms with Crippen molar-refractivity contribution >= 4 is 16.9 Å². The molecule has 108 valence electrons. The first-order valence-electron chi connectivity index (χ1n) is 6.21. The van der Waals surface area contributed by atoms with E-state index in [0.29, 0.717) is 12.1 Å². The standard InChI is InChI=1S/C14H17NO5/c1-14(19,8-16)7-15-6-9-2-3-11-10(4-9)5-12(20-11)13(17)18/h2-5,15-16,19H,6-8H2,1H3,(H,17,18). The summed E-state index contributed by atoms with van der Waals surface area (Å²) < 4.78 is 5.17. The number of rotatable bonds is 6. The zero-order valence-electron chi connectivity index (χ0n) is 11.1. The largest absolute Gasteiger partial charge is 0.475 e. The second kappa shape index (κ2) is 5.62. The Morgan fingerprint density at radius 3 is 2.80 bits per heavy atom. The van der Waals surface area contributed by atoms with Crippen molar-refractivity contribution in [3.63, 3.8) is 0 Å². The van der Waals surface area contributed by atoms with Crippen LogP contribution >= 0.6 is 0 Å². The zero-order valence-corrected chi connectivity index (χ0v) is 11.1. The van der Waals surface area contributed by atoms with Gasteiger partial charge in [-0.25, -0.2) is 4.79 Å². The number of carbonyl (C=O) groups is 1. The van der Waals surface area contributed by atoms with Gasteiger partial charge in [0.1, 0.15) is 5.58 Å². The van der Waals surface area contributed by atoms with Crippen molar-refractivity contribution in [3.05, 3.63) is 35.6 Å². The Bertz CT molecular complexity index is 617. The summed E-state index contributed by atoms with van der Waals surface area (Å²) in [6.07, 6.45) is 0. The topological polar surface area (TPSA) is 103 Å². The first-order chi connectivity index (χ1) is 9.41. The average molecular weight is 279 g/mol. The maximum Gasteiger partial charge on any atom is 0.371 e. The fourth-order valence-electron chi connectivity index (χ4n) is 1.84. The third-order valence-electron chi connectivity index (χ3n) is 2.97. The molecular formula is C14H17NO5. The lowest BCUT2D eigenvalue weighted by Gasteiger charge is -2.20. The number of hydrogen-bond acceptors (Lipinski definition) is 5. The number of aliphatic hydroxyl groups excluding tert-OH is 1. The number of carboxylic acid groups (broad SMARTS) is 1. The predicted molar refractivity (Wildman–Crippen MR) is 72.6 cm³/mol.